The molecule has 0 spiro atoms. The van der Waals surface area contributed by atoms with Crippen LogP contribution in [0.2, 0.25) is 0 Å². The highest BCUT2D eigenvalue weighted by Gasteiger charge is 2.42. The molecule has 0 N–H and O–H groups in total. The highest BCUT2D eigenvalue weighted by molar-refractivity contribution is 7.89. The molecule has 0 saturated heterocycles. The van der Waals surface area contributed by atoms with Crippen LogP contribution in [0.25, 0.3) is 0 Å². The smallest absolute Gasteiger partial charge is 0.243 e. The molecule has 1 saturated carbocycles. The van der Waals surface area contributed by atoms with E-state index in [0.29, 0.717) is 4.90 Å². The molecule has 0 radical (unpaired) electrons. The van der Waals surface area contributed by atoms with Crippen LogP contribution in [-0.4, -0.2) is 23.7 Å². The predicted molar refractivity (Wildman–Crippen MR) is 97.8 cm³/mol. The van der Waals surface area contributed by atoms with Crippen LogP contribution in [0.3, 0.4) is 0 Å². The molecule has 1 aromatic carbocycles. The van der Waals surface area contributed by atoms with Gasteiger partial charge in [-0.25, -0.2) is 8.42 Å². The number of aryl methyl sites for hydroxylation is 2. The third kappa shape index (κ3) is 3.23. The fraction of sp³-hybridized carbons (Fsp3) is 0.450. The predicted octanol–water partition coefficient (Wildman–Crippen LogP) is 3.87. The zero-order valence-corrected chi connectivity index (χ0v) is 15.4. The van der Waals surface area contributed by atoms with Crippen LogP contribution < -0.4 is 0 Å². The minimum absolute atomic E-state index is 0.0954. The molecule has 25 heavy (non-hydrogen) atoms. The molecule has 2 aliphatic carbocycles. The summed E-state index contributed by atoms with van der Waals surface area (Å²) in [6, 6.07) is 11.2. The molecule has 4 rings (SSSR count). The van der Waals surface area contributed by atoms with Crippen molar-refractivity contribution in [1.82, 2.24) is 9.29 Å². The van der Waals surface area contributed by atoms with E-state index in [0.717, 1.165) is 37.8 Å². The van der Waals surface area contributed by atoms with E-state index < -0.39 is 10.0 Å². The van der Waals surface area contributed by atoms with E-state index in [-0.39, 0.29) is 12.1 Å². The molecular formula is C20H24N2O2S. The Bertz CT molecular complexity index is 861. The summed E-state index contributed by atoms with van der Waals surface area (Å²) in [5, 5.41) is 0. The molecular weight excluding hydrogens is 332 g/mol. The van der Waals surface area contributed by atoms with E-state index in [9.17, 15) is 8.42 Å². The second kappa shape index (κ2) is 6.54. The number of hydrogen-bond donors (Lipinski definition) is 0. The molecule has 2 aliphatic rings. The molecule has 0 aliphatic heterocycles. The number of nitrogens with zero attached hydrogens (tertiary/aromatic N) is 2. The van der Waals surface area contributed by atoms with Gasteiger partial charge in [0.1, 0.15) is 0 Å². The Morgan fingerprint density at radius 1 is 1.08 bits per heavy atom. The summed E-state index contributed by atoms with van der Waals surface area (Å²) >= 11 is 0. The molecule has 0 bridgehead atoms. The van der Waals surface area contributed by atoms with Crippen molar-refractivity contribution < 1.29 is 8.42 Å². The molecule has 1 atom stereocenters. The lowest BCUT2D eigenvalue weighted by atomic mass is 9.92. The van der Waals surface area contributed by atoms with Gasteiger partial charge in [-0.05, 0) is 80.8 Å². The largest absolute Gasteiger partial charge is 0.260 e. The Hall–Kier alpha value is -1.72. The summed E-state index contributed by atoms with van der Waals surface area (Å²) < 4.78 is 28.5. The monoisotopic (exact) mass is 356 g/mol. The van der Waals surface area contributed by atoms with E-state index in [1.165, 1.54) is 17.5 Å². The normalized spacial score (nSPS) is 18.8. The van der Waals surface area contributed by atoms with E-state index in [1.807, 2.05) is 37.3 Å². The molecule has 5 heteroatoms. The van der Waals surface area contributed by atoms with E-state index in [2.05, 4.69) is 4.98 Å². The highest BCUT2D eigenvalue weighted by Crippen LogP contribution is 2.39. The lowest BCUT2D eigenvalue weighted by Crippen LogP contribution is -2.36. The third-order valence-electron chi connectivity index (χ3n) is 5.30. The van der Waals surface area contributed by atoms with Crippen molar-refractivity contribution in [2.24, 2.45) is 0 Å². The molecule has 1 aromatic heterocycles. The van der Waals surface area contributed by atoms with Crippen molar-refractivity contribution in [3.05, 3.63) is 59.4 Å². The molecule has 0 amide bonds. The van der Waals surface area contributed by atoms with Gasteiger partial charge in [-0.1, -0.05) is 12.1 Å². The Morgan fingerprint density at radius 2 is 1.84 bits per heavy atom. The van der Waals surface area contributed by atoms with Crippen molar-refractivity contribution in [1.29, 1.82) is 0 Å². The standard InChI is InChI=1S/C20H24N2O2S/c1-15(20-8-4-5-13-21-20)22(18-10-11-18)25(23,24)19-12-9-16-6-2-3-7-17(16)14-19/h4-5,8-9,12-15,18H,2-3,6-7,10-11H2,1H3. The van der Waals surface area contributed by atoms with Crippen LogP contribution in [-0.2, 0) is 22.9 Å². The topological polar surface area (TPSA) is 50.3 Å². The molecule has 2 aromatic rings. The minimum Gasteiger partial charge on any atom is -0.260 e. The number of pyridine rings is 1. The van der Waals surface area contributed by atoms with Gasteiger partial charge in [0.2, 0.25) is 10.0 Å². The summed E-state index contributed by atoms with van der Waals surface area (Å²) in [6.45, 7) is 1.94. The van der Waals surface area contributed by atoms with Crippen LogP contribution in [0.5, 0.6) is 0 Å². The van der Waals surface area contributed by atoms with Gasteiger partial charge in [-0.15, -0.1) is 0 Å². The van der Waals surface area contributed by atoms with Crippen molar-refractivity contribution in [2.75, 3.05) is 0 Å². The number of rotatable bonds is 5. The SMILES string of the molecule is CC(c1ccccn1)N(C1CC1)S(=O)(=O)c1ccc2c(c1)CCCC2. The molecule has 1 fully saturated rings. The molecule has 1 unspecified atom stereocenters. The zero-order chi connectivity index (χ0) is 17.4. The van der Waals surface area contributed by atoms with E-state index in [4.69, 9.17) is 0 Å². The Labute approximate surface area is 150 Å². The van der Waals surface area contributed by atoms with Crippen LogP contribution >= 0.6 is 0 Å². The summed E-state index contributed by atoms with van der Waals surface area (Å²) in [5.41, 5.74) is 3.31. The van der Waals surface area contributed by atoms with Gasteiger partial charge in [0, 0.05) is 12.2 Å². The zero-order valence-electron chi connectivity index (χ0n) is 14.6. The first-order valence-corrected chi connectivity index (χ1v) is 10.6. The number of hydrogen-bond acceptors (Lipinski definition) is 3. The Kier molecular flexibility index (Phi) is 4.38. The van der Waals surface area contributed by atoms with Crippen molar-refractivity contribution in [3.63, 3.8) is 0 Å². The third-order valence-corrected chi connectivity index (χ3v) is 7.32. The van der Waals surface area contributed by atoms with Gasteiger partial charge in [-0.2, -0.15) is 4.31 Å². The number of benzene rings is 1. The van der Waals surface area contributed by atoms with Gasteiger partial charge in [0.15, 0.2) is 0 Å². The molecule has 132 valence electrons. The quantitative estimate of drug-likeness (QED) is 0.817. The first-order valence-electron chi connectivity index (χ1n) is 9.13. The summed E-state index contributed by atoms with van der Waals surface area (Å²) in [6.07, 6.45) is 7.98. The number of fused-ring (bicyclic) bond motifs is 1. The Morgan fingerprint density at radius 3 is 2.52 bits per heavy atom. The number of aromatic nitrogens is 1. The maximum atomic E-state index is 13.4. The summed E-state index contributed by atoms with van der Waals surface area (Å²) in [4.78, 5) is 4.81. The van der Waals surface area contributed by atoms with Gasteiger partial charge in [-0.3, -0.25) is 4.98 Å². The van der Waals surface area contributed by atoms with Crippen molar-refractivity contribution in [3.8, 4) is 0 Å². The van der Waals surface area contributed by atoms with Crippen molar-refractivity contribution in [2.45, 2.75) is 62.4 Å². The molecule has 4 nitrogen and oxygen atoms in total. The fourth-order valence-corrected chi connectivity index (χ4v) is 5.70. The lowest BCUT2D eigenvalue weighted by molar-refractivity contribution is 0.329. The average molecular weight is 356 g/mol. The Balaban J connectivity index is 1.71. The summed E-state index contributed by atoms with van der Waals surface area (Å²) in [5.74, 6) is 0. The summed E-state index contributed by atoms with van der Waals surface area (Å²) in [7, 11) is -3.53. The number of sulfonamides is 1. The average Bonchev–Trinajstić information content (AvgIpc) is 3.46. The van der Waals surface area contributed by atoms with Crippen LogP contribution in [0, 0.1) is 0 Å². The van der Waals surface area contributed by atoms with Crippen LogP contribution in [0.1, 0.15) is 55.5 Å². The first kappa shape index (κ1) is 16.7. The van der Waals surface area contributed by atoms with Gasteiger partial charge in [0.25, 0.3) is 0 Å². The van der Waals surface area contributed by atoms with Crippen molar-refractivity contribution >= 4 is 10.0 Å². The fourth-order valence-electron chi connectivity index (χ4n) is 3.80. The molecule has 1 heterocycles. The van der Waals surface area contributed by atoms with E-state index in [1.54, 1.807) is 16.6 Å². The maximum Gasteiger partial charge on any atom is 0.243 e. The van der Waals surface area contributed by atoms with Crippen LogP contribution in [0.15, 0.2) is 47.5 Å². The highest BCUT2D eigenvalue weighted by atomic mass is 32.2. The van der Waals surface area contributed by atoms with Gasteiger partial charge >= 0.3 is 0 Å². The lowest BCUT2D eigenvalue weighted by Gasteiger charge is -2.28. The second-order valence-corrected chi connectivity index (χ2v) is 8.98. The van der Waals surface area contributed by atoms with Crippen LogP contribution in [0.4, 0.5) is 0 Å². The minimum atomic E-state index is -3.53. The van der Waals surface area contributed by atoms with Gasteiger partial charge < -0.3 is 0 Å². The maximum absolute atomic E-state index is 13.4. The second-order valence-electron chi connectivity index (χ2n) is 7.13. The van der Waals surface area contributed by atoms with E-state index >= 15 is 0 Å². The van der Waals surface area contributed by atoms with Gasteiger partial charge in [0.05, 0.1) is 16.6 Å². The first-order chi connectivity index (χ1) is 12.1.